The molecular weight excluding hydrogens is 416 g/mol. The van der Waals surface area contributed by atoms with Crippen LogP contribution in [0.1, 0.15) is 28.8 Å². The monoisotopic (exact) mass is 440 g/mol. The van der Waals surface area contributed by atoms with Gasteiger partial charge in [-0.25, -0.2) is 9.97 Å². The molecule has 0 amide bonds. The van der Waals surface area contributed by atoms with Gasteiger partial charge in [0, 0.05) is 48.3 Å². The van der Waals surface area contributed by atoms with Gasteiger partial charge in [-0.05, 0) is 42.5 Å². The van der Waals surface area contributed by atoms with Crippen LogP contribution in [0.25, 0.3) is 11.4 Å². The number of hydrogen-bond acceptors (Lipinski definition) is 4. The topological polar surface area (TPSA) is 41.9 Å². The molecule has 0 saturated carbocycles. The number of benzene rings is 2. The number of halogens is 1. The number of aromatic nitrogens is 3. The zero-order chi connectivity index (χ0) is 21.8. The van der Waals surface area contributed by atoms with E-state index in [1.165, 1.54) is 11.1 Å². The largest absolute Gasteiger partial charge is 0.292 e. The Morgan fingerprint density at radius 3 is 2.06 bits per heavy atom. The maximum Gasteiger partial charge on any atom is 0.161 e. The van der Waals surface area contributed by atoms with Crippen molar-refractivity contribution in [3.05, 3.63) is 113 Å². The van der Waals surface area contributed by atoms with Gasteiger partial charge in [0.1, 0.15) is 5.15 Å². The van der Waals surface area contributed by atoms with Gasteiger partial charge in [0.05, 0.1) is 0 Å². The van der Waals surface area contributed by atoms with Gasteiger partial charge >= 0.3 is 0 Å². The van der Waals surface area contributed by atoms with E-state index in [0.717, 1.165) is 49.2 Å². The number of pyridine rings is 1. The maximum atomic E-state index is 6.70. The Balaban J connectivity index is 1.42. The molecular formula is C27H25ClN4. The highest BCUT2D eigenvalue weighted by Crippen LogP contribution is 2.31. The molecule has 0 bridgehead atoms. The molecule has 2 aromatic carbocycles. The third-order valence-corrected chi connectivity index (χ3v) is 6.42. The molecule has 160 valence electrons. The first-order valence-electron chi connectivity index (χ1n) is 11.0. The predicted molar refractivity (Wildman–Crippen MR) is 128 cm³/mol. The summed E-state index contributed by atoms with van der Waals surface area (Å²) in [6.07, 6.45) is 6.33. The van der Waals surface area contributed by atoms with Crippen molar-refractivity contribution < 1.29 is 0 Å². The van der Waals surface area contributed by atoms with Crippen molar-refractivity contribution in [2.75, 3.05) is 0 Å². The fourth-order valence-electron chi connectivity index (χ4n) is 4.44. The normalized spacial score (nSPS) is 15.5. The molecule has 1 aliphatic carbocycles. The quantitative estimate of drug-likeness (QED) is 0.358. The summed E-state index contributed by atoms with van der Waals surface area (Å²) in [4.78, 5) is 16.1. The van der Waals surface area contributed by atoms with Gasteiger partial charge in [0.2, 0.25) is 0 Å². The lowest BCUT2D eigenvalue weighted by Crippen LogP contribution is -2.39. The van der Waals surface area contributed by atoms with E-state index in [2.05, 4.69) is 75.5 Å². The summed E-state index contributed by atoms with van der Waals surface area (Å²) >= 11 is 6.70. The van der Waals surface area contributed by atoms with Crippen LogP contribution in [0, 0.1) is 0 Å². The standard InChI is InChI=1S/C27H25ClN4/c28-26-24-17-23(11-12-25(24)30-27(31-26)22-13-15-29-16-14-22)32(18-20-7-3-1-4-8-20)19-21-9-5-2-6-10-21/h1-10,13-16,23H,11-12,17-19H2. The third-order valence-electron chi connectivity index (χ3n) is 6.11. The van der Waals surface area contributed by atoms with Gasteiger partial charge in [-0.1, -0.05) is 72.3 Å². The second-order valence-electron chi connectivity index (χ2n) is 8.27. The highest BCUT2D eigenvalue weighted by Gasteiger charge is 2.28. The third kappa shape index (κ3) is 4.72. The van der Waals surface area contributed by atoms with Crippen molar-refractivity contribution in [3.8, 4) is 11.4 Å². The summed E-state index contributed by atoms with van der Waals surface area (Å²) < 4.78 is 0. The van der Waals surface area contributed by atoms with E-state index < -0.39 is 0 Å². The molecule has 4 nitrogen and oxygen atoms in total. The zero-order valence-electron chi connectivity index (χ0n) is 17.9. The Morgan fingerprint density at radius 1 is 0.812 bits per heavy atom. The molecule has 0 saturated heterocycles. The molecule has 0 radical (unpaired) electrons. The molecule has 1 unspecified atom stereocenters. The Morgan fingerprint density at radius 2 is 1.44 bits per heavy atom. The van der Waals surface area contributed by atoms with Gasteiger partial charge in [-0.15, -0.1) is 0 Å². The number of rotatable bonds is 6. The van der Waals surface area contributed by atoms with Crippen molar-refractivity contribution in [2.45, 2.75) is 38.4 Å². The van der Waals surface area contributed by atoms with Crippen LogP contribution in [0.4, 0.5) is 0 Å². The first-order valence-corrected chi connectivity index (χ1v) is 11.4. The zero-order valence-corrected chi connectivity index (χ0v) is 18.6. The van der Waals surface area contributed by atoms with Crippen molar-refractivity contribution >= 4 is 11.6 Å². The molecule has 0 spiro atoms. The summed E-state index contributed by atoms with van der Waals surface area (Å²) in [5, 5.41) is 0.575. The summed E-state index contributed by atoms with van der Waals surface area (Å²) in [6.45, 7) is 1.81. The van der Waals surface area contributed by atoms with E-state index in [4.69, 9.17) is 16.6 Å². The summed E-state index contributed by atoms with van der Waals surface area (Å²) in [7, 11) is 0. The lowest BCUT2D eigenvalue weighted by atomic mass is 9.90. The van der Waals surface area contributed by atoms with E-state index >= 15 is 0 Å². The first kappa shape index (κ1) is 20.8. The maximum absolute atomic E-state index is 6.70. The van der Waals surface area contributed by atoms with E-state index in [9.17, 15) is 0 Å². The minimum absolute atomic E-state index is 0.385. The van der Waals surface area contributed by atoms with Crippen LogP contribution >= 0.6 is 11.6 Å². The molecule has 1 atom stereocenters. The Hall–Kier alpha value is -3.08. The number of aryl methyl sites for hydroxylation is 1. The highest BCUT2D eigenvalue weighted by atomic mass is 35.5. The Bertz CT molecular complexity index is 1120. The minimum Gasteiger partial charge on any atom is -0.292 e. The molecule has 0 N–H and O–H groups in total. The average molecular weight is 441 g/mol. The lowest BCUT2D eigenvalue weighted by Gasteiger charge is -2.35. The first-order chi connectivity index (χ1) is 15.8. The predicted octanol–water partition coefficient (Wildman–Crippen LogP) is 5.75. The van der Waals surface area contributed by atoms with Crippen LogP contribution in [0.2, 0.25) is 5.15 Å². The van der Waals surface area contributed by atoms with Gasteiger partial charge in [-0.2, -0.15) is 0 Å². The van der Waals surface area contributed by atoms with Crippen molar-refractivity contribution in [2.24, 2.45) is 0 Å². The summed E-state index contributed by atoms with van der Waals surface area (Å²) in [5.41, 5.74) is 5.76. The molecule has 0 fully saturated rings. The van der Waals surface area contributed by atoms with Gasteiger partial charge in [0.15, 0.2) is 5.82 Å². The van der Waals surface area contributed by atoms with E-state index in [-0.39, 0.29) is 0 Å². The van der Waals surface area contributed by atoms with E-state index in [0.29, 0.717) is 17.0 Å². The number of nitrogens with zero attached hydrogens (tertiary/aromatic N) is 4. The summed E-state index contributed by atoms with van der Waals surface area (Å²) in [6, 6.07) is 25.6. The van der Waals surface area contributed by atoms with Crippen LogP contribution in [0.3, 0.4) is 0 Å². The smallest absolute Gasteiger partial charge is 0.161 e. The Labute approximate surface area is 194 Å². The van der Waals surface area contributed by atoms with Crippen molar-refractivity contribution in [3.63, 3.8) is 0 Å². The number of hydrogen-bond donors (Lipinski definition) is 0. The van der Waals surface area contributed by atoms with Crippen LogP contribution < -0.4 is 0 Å². The summed E-state index contributed by atoms with van der Waals surface area (Å²) in [5.74, 6) is 0.681. The number of fused-ring (bicyclic) bond motifs is 1. The molecule has 5 heteroatoms. The van der Waals surface area contributed by atoms with Crippen molar-refractivity contribution in [1.82, 2.24) is 19.9 Å². The highest BCUT2D eigenvalue weighted by molar-refractivity contribution is 6.30. The molecule has 1 aliphatic rings. The van der Waals surface area contributed by atoms with Gasteiger partial charge < -0.3 is 0 Å². The Kier molecular flexibility index (Phi) is 6.24. The SMILES string of the molecule is Clc1nc(-c2ccncc2)nc2c1CC(N(Cc1ccccc1)Cc1ccccc1)CC2. The van der Waals surface area contributed by atoms with Crippen LogP contribution in [0.5, 0.6) is 0 Å². The second-order valence-corrected chi connectivity index (χ2v) is 8.63. The molecule has 2 heterocycles. The fraction of sp³-hybridized carbons (Fsp3) is 0.222. The van der Waals surface area contributed by atoms with Gasteiger partial charge in [0.25, 0.3) is 0 Å². The van der Waals surface area contributed by atoms with E-state index in [1.54, 1.807) is 12.4 Å². The second kappa shape index (κ2) is 9.60. The van der Waals surface area contributed by atoms with Crippen LogP contribution in [-0.4, -0.2) is 25.9 Å². The van der Waals surface area contributed by atoms with Crippen molar-refractivity contribution in [1.29, 1.82) is 0 Å². The molecule has 32 heavy (non-hydrogen) atoms. The molecule has 0 aliphatic heterocycles. The van der Waals surface area contributed by atoms with Crippen LogP contribution in [-0.2, 0) is 25.9 Å². The minimum atomic E-state index is 0.385. The fourth-order valence-corrected chi connectivity index (χ4v) is 4.71. The van der Waals surface area contributed by atoms with Gasteiger partial charge in [-0.3, -0.25) is 9.88 Å². The van der Waals surface area contributed by atoms with Crippen LogP contribution in [0.15, 0.2) is 85.2 Å². The molecule has 5 rings (SSSR count). The molecule has 4 aromatic rings. The van der Waals surface area contributed by atoms with E-state index in [1.807, 2.05) is 12.1 Å². The average Bonchev–Trinajstić information content (AvgIpc) is 2.85. The lowest BCUT2D eigenvalue weighted by molar-refractivity contribution is 0.161. The molecule has 2 aromatic heterocycles.